The number of carbonyl (C=O) groups excluding carboxylic acids is 2. The van der Waals surface area contributed by atoms with Crippen LogP contribution >= 0.6 is 0 Å². The zero-order valence-corrected chi connectivity index (χ0v) is 26.5. The van der Waals surface area contributed by atoms with Crippen LogP contribution in [0, 0.1) is 20.8 Å². The number of carbonyl (C=O) groups is 2. The van der Waals surface area contributed by atoms with Crippen molar-refractivity contribution >= 4 is 11.9 Å². The normalized spacial score (nSPS) is 14.0. The van der Waals surface area contributed by atoms with Gasteiger partial charge < -0.3 is 14.9 Å². The van der Waals surface area contributed by atoms with E-state index in [-0.39, 0.29) is 48.6 Å². The fourth-order valence-electron chi connectivity index (χ4n) is 4.59. The second-order valence-electron chi connectivity index (χ2n) is 13.2. The Morgan fingerprint density at radius 3 is 1.60 bits per heavy atom. The highest BCUT2D eigenvalue weighted by atomic mass is 17.2. The van der Waals surface area contributed by atoms with Crippen molar-refractivity contribution in [3.05, 3.63) is 64.6 Å². The Morgan fingerprint density at radius 1 is 0.810 bits per heavy atom. The first-order valence-corrected chi connectivity index (χ1v) is 14.5. The van der Waals surface area contributed by atoms with E-state index in [9.17, 15) is 19.8 Å². The molecule has 0 amide bonds. The summed E-state index contributed by atoms with van der Waals surface area (Å²) in [5.74, 6) is -0.250. The highest BCUT2D eigenvalue weighted by Crippen LogP contribution is 2.40. The first kappa shape index (κ1) is 35.1. The predicted molar refractivity (Wildman–Crippen MR) is 161 cm³/mol. The fraction of sp³-hybridized carbons (Fsp3) is 0.559. The highest BCUT2D eigenvalue weighted by Gasteiger charge is 2.48. The van der Waals surface area contributed by atoms with Crippen LogP contribution < -0.4 is 0 Å². The number of ether oxygens (including phenoxy) is 1. The molecule has 2 aromatic carbocycles. The van der Waals surface area contributed by atoms with E-state index in [0.717, 1.165) is 33.4 Å². The molecule has 0 spiro atoms. The maximum Gasteiger partial charge on any atom is 0.342 e. The number of esters is 1. The van der Waals surface area contributed by atoms with Gasteiger partial charge >= 0.3 is 11.9 Å². The van der Waals surface area contributed by atoms with Crippen molar-refractivity contribution in [1.82, 2.24) is 0 Å². The number of hydrogen-bond acceptors (Lipinski definition) is 7. The van der Waals surface area contributed by atoms with Crippen LogP contribution in [0.4, 0.5) is 0 Å². The molecule has 2 N–H and O–H groups in total. The molecule has 1 saturated carbocycles. The zero-order valence-electron chi connectivity index (χ0n) is 26.5. The Morgan fingerprint density at radius 2 is 1.21 bits per heavy atom. The van der Waals surface area contributed by atoms with Gasteiger partial charge in [-0.2, -0.15) is 4.89 Å². The van der Waals surface area contributed by atoms with E-state index in [4.69, 9.17) is 19.6 Å². The maximum atomic E-state index is 12.6. The van der Waals surface area contributed by atoms with Gasteiger partial charge in [-0.1, -0.05) is 65.8 Å². The molecule has 0 bridgehead atoms. The van der Waals surface area contributed by atoms with Crippen LogP contribution in [0.3, 0.4) is 0 Å². The molecule has 0 aliphatic heterocycles. The van der Waals surface area contributed by atoms with Crippen LogP contribution in [0.1, 0.15) is 101 Å². The van der Waals surface area contributed by atoms with Gasteiger partial charge in [0.2, 0.25) is 0 Å². The summed E-state index contributed by atoms with van der Waals surface area (Å²) >= 11 is 0. The van der Waals surface area contributed by atoms with Crippen LogP contribution in [0.15, 0.2) is 24.3 Å². The molecule has 8 heteroatoms. The first-order chi connectivity index (χ1) is 19.4. The summed E-state index contributed by atoms with van der Waals surface area (Å²) in [5, 5.41) is 29.6. The lowest BCUT2D eigenvalue weighted by molar-refractivity contribution is -0.285. The van der Waals surface area contributed by atoms with Gasteiger partial charge in [0.25, 0.3) is 0 Å². The van der Waals surface area contributed by atoms with E-state index >= 15 is 0 Å². The Labute approximate surface area is 250 Å². The van der Waals surface area contributed by atoms with Crippen LogP contribution in [-0.4, -0.2) is 41.0 Å². The smallest absolute Gasteiger partial charge is 0.342 e. The monoisotopic (exact) mass is 584 g/mol. The van der Waals surface area contributed by atoms with Crippen molar-refractivity contribution < 1.29 is 39.4 Å². The molecule has 2 aromatic rings. The molecule has 1 fully saturated rings. The molecule has 2 radical (unpaired) electrons. The van der Waals surface area contributed by atoms with Gasteiger partial charge in [0.05, 0.1) is 13.0 Å². The molecular formula is C34H48O8. The molecule has 0 heterocycles. The third-order valence-corrected chi connectivity index (χ3v) is 7.18. The van der Waals surface area contributed by atoms with Crippen molar-refractivity contribution in [2.75, 3.05) is 13.2 Å². The molecule has 0 unspecified atom stereocenters. The largest absolute Gasteiger partial charge is 0.507 e. The van der Waals surface area contributed by atoms with Crippen molar-refractivity contribution in [3.63, 3.8) is 0 Å². The van der Waals surface area contributed by atoms with Gasteiger partial charge in [-0.05, 0) is 90.7 Å². The number of benzene rings is 2. The van der Waals surface area contributed by atoms with Crippen molar-refractivity contribution in [1.29, 1.82) is 0 Å². The minimum Gasteiger partial charge on any atom is -0.507 e. The minimum atomic E-state index is -0.742. The van der Waals surface area contributed by atoms with Gasteiger partial charge in [0, 0.05) is 6.42 Å². The van der Waals surface area contributed by atoms with Crippen LogP contribution in [0.5, 0.6) is 11.5 Å². The van der Waals surface area contributed by atoms with E-state index in [1.54, 1.807) is 0 Å². The Kier molecular flexibility index (Phi) is 12.0. The lowest BCUT2D eigenvalue weighted by atomic mass is 9.83. The van der Waals surface area contributed by atoms with E-state index in [1.165, 1.54) is 0 Å². The molecule has 1 aliphatic rings. The summed E-state index contributed by atoms with van der Waals surface area (Å²) in [6.07, 6.45) is 2.61. The minimum absolute atomic E-state index is 0.00343. The summed E-state index contributed by atoms with van der Waals surface area (Å²) in [4.78, 5) is 35.0. The molecular weight excluding hydrogens is 536 g/mol. The lowest BCUT2D eigenvalue weighted by Gasteiger charge is -2.23. The molecule has 0 aromatic heterocycles. The lowest BCUT2D eigenvalue weighted by Crippen LogP contribution is -2.26. The topological polar surface area (TPSA) is 122 Å². The predicted octanol–water partition coefficient (Wildman–Crippen LogP) is 6.68. The van der Waals surface area contributed by atoms with Crippen molar-refractivity contribution in [2.24, 2.45) is 0 Å². The van der Waals surface area contributed by atoms with Crippen LogP contribution in [-0.2, 0) is 52.9 Å². The quantitative estimate of drug-likeness (QED) is 0.182. The van der Waals surface area contributed by atoms with Gasteiger partial charge in [0.15, 0.2) is 0 Å². The summed E-state index contributed by atoms with van der Waals surface area (Å²) < 4.78 is 5.67. The maximum absolute atomic E-state index is 12.6. The van der Waals surface area contributed by atoms with E-state index in [1.807, 2.05) is 79.7 Å². The van der Waals surface area contributed by atoms with E-state index < -0.39 is 11.6 Å². The highest BCUT2D eigenvalue weighted by molar-refractivity contribution is 5.71. The van der Waals surface area contributed by atoms with E-state index in [0.29, 0.717) is 31.4 Å². The molecule has 232 valence electrons. The van der Waals surface area contributed by atoms with Gasteiger partial charge in [0.1, 0.15) is 23.7 Å². The number of hydrogen-bond donors (Lipinski definition) is 2. The molecule has 0 saturated heterocycles. The first-order valence-electron chi connectivity index (χ1n) is 14.5. The number of phenolic OH excluding ortho intramolecular Hbond substituents is 2. The number of aryl methyl sites for hydroxylation is 4. The third-order valence-electron chi connectivity index (χ3n) is 7.18. The summed E-state index contributed by atoms with van der Waals surface area (Å²) in [7, 11) is 0. The van der Waals surface area contributed by atoms with Gasteiger partial charge in [-0.25, -0.2) is 9.90 Å². The Balaban J connectivity index is 0.00000197. The van der Waals surface area contributed by atoms with Crippen molar-refractivity contribution in [3.8, 4) is 11.5 Å². The number of rotatable bonds is 10. The summed E-state index contributed by atoms with van der Waals surface area (Å²) in [5.41, 5.74) is 4.00. The SMILES string of the molecule is Cc1cc(CCC(=O)OOCC2(OC(=O)CCc3cc(C)c(O)c(C(C)(C)C)c3)CC2)cc(C(C)(C)C)c1O.[CH2]C[O]. The van der Waals surface area contributed by atoms with Gasteiger partial charge in [-0.15, -0.1) is 0 Å². The summed E-state index contributed by atoms with van der Waals surface area (Å²) in [6, 6.07) is 7.66. The zero-order chi connectivity index (χ0) is 31.9. The molecule has 3 rings (SSSR count). The van der Waals surface area contributed by atoms with E-state index in [2.05, 4.69) is 6.92 Å². The average molecular weight is 585 g/mol. The number of aromatic hydroxyl groups is 2. The third kappa shape index (κ3) is 10.3. The summed E-state index contributed by atoms with van der Waals surface area (Å²) in [6.45, 7) is 18.6. The Bertz CT molecular complexity index is 1230. The molecule has 1 aliphatic carbocycles. The second kappa shape index (κ2) is 14.4. The molecule has 8 nitrogen and oxygen atoms in total. The van der Waals surface area contributed by atoms with Gasteiger partial charge in [-0.3, -0.25) is 9.68 Å². The fourth-order valence-corrected chi connectivity index (χ4v) is 4.59. The molecule has 42 heavy (non-hydrogen) atoms. The number of phenols is 2. The molecule has 0 atom stereocenters. The van der Waals surface area contributed by atoms with Crippen LogP contribution in [0.25, 0.3) is 0 Å². The van der Waals surface area contributed by atoms with Crippen molar-refractivity contribution in [2.45, 2.75) is 110 Å². The second-order valence-corrected chi connectivity index (χ2v) is 13.2. The Hall–Kier alpha value is -3.10. The van der Waals surface area contributed by atoms with Crippen LogP contribution in [0.2, 0.25) is 0 Å². The standard InChI is InChI=1S/C32H44O7.C2H4O/c1-20-15-22(17-24(28(20)35)30(3,4)5)9-11-26(33)38-32(13-14-32)19-37-39-27(34)12-10-23-16-21(2)29(36)25(18-23)31(6,7)8;1-2-3/h15-18,35-36H,9-14,19H2,1-8H3;1-2H2. The average Bonchev–Trinajstić information content (AvgIpc) is 3.63.